The van der Waals surface area contributed by atoms with Crippen LogP contribution in [0, 0.1) is 0 Å². The van der Waals surface area contributed by atoms with Crippen LogP contribution in [0.25, 0.3) is 0 Å². The van der Waals surface area contributed by atoms with E-state index in [1.807, 2.05) is 24.3 Å². The van der Waals surface area contributed by atoms with Gasteiger partial charge in [0, 0.05) is 49.8 Å². The maximum Gasteiger partial charge on any atom is 0.213 e. The molecule has 2 heterocycles. The minimum Gasteiger partial charge on any atom is -0.369 e. The highest BCUT2D eigenvalue weighted by atomic mass is 16.1. The molecule has 1 aliphatic heterocycles. The van der Waals surface area contributed by atoms with Crippen molar-refractivity contribution in [3.05, 3.63) is 59.8 Å². The number of allylic oxidation sites excluding steroid dienone is 2. The molecule has 7 nitrogen and oxygen atoms in total. The molecule has 0 amide bonds. The van der Waals surface area contributed by atoms with E-state index in [4.69, 9.17) is 0 Å². The van der Waals surface area contributed by atoms with E-state index in [9.17, 15) is 9.59 Å². The van der Waals surface area contributed by atoms with Gasteiger partial charge in [-0.25, -0.2) is 9.97 Å². The molecule has 1 aromatic heterocycles. The predicted octanol–water partition coefficient (Wildman–Crippen LogP) is 1.60. The van der Waals surface area contributed by atoms with Crippen molar-refractivity contribution in [2.45, 2.75) is 0 Å². The van der Waals surface area contributed by atoms with Crippen molar-refractivity contribution >= 4 is 22.9 Å². The summed E-state index contributed by atoms with van der Waals surface area (Å²) in [6.07, 6.45) is 3.95. The van der Waals surface area contributed by atoms with Crippen LogP contribution in [0.15, 0.2) is 48.6 Å². The highest BCUT2D eigenvalue weighted by Crippen LogP contribution is 2.23. The van der Waals surface area contributed by atoms with Gasteiger partial charge < -0.3 is 15.1 Å². The largest absolute Gasteiger partial charge is 0.369 e. The molecule has 1 N–H and O–H groups in total. The number of Topliss-reactive ketones (excluding diaryl/α,β-unsaturated/α-hetero) is 1. The lowest BCUT2D eigenvalue weighted by Gasteiger charge is -2.34. The summed E-state index contributed by atoms with van der Waals surface area (Å²) in [5, 5.41) is 3.05. The molecular weight excluding hydrogens is 330 g/mol. The number of ketones is 2. The predicted molar refractivity (Wildman–Crippen MR) is 98.6 cm³/mol. The minimum absolute atomic E-state index is 0.154. The zero-order valence-corrected chi connectivity index (χ0v) is 14.5. The smallest absolute Gasteiger partial charge is 0.213 e. The monoisotopic (exact) mass is 349 g/mol. The van der Waals surface area contributed by atoms with Gasteiger partial charge in [-0.15, -0.1) is 0 Å². The number of anilines is 2. The molecule has 2 aromatic rings. The average Bonchev–Trinajstić information content (AvgIpc) is 2.67. The summed E-state index contributed by atoms with van der Waals surface area (Å²) in [6, 6.07) is 7.90. The van der Waals surface area contributed by atoms with Crippen molar-refractivity contribution in [3.63, 3.8) is 0 Å². The number of carbonyl (C=O) groups excluding carboxylic acids is 2. The summed E-state index contributed by atoms with van der Waals surface area (Å²) in [6.45, 7) is 4.09. The van der Waals surface area contributed by atoms with Crippen molar-refractivity contribution in [2.24, 2.45) is 0 Å². The number of nitrogens with one attached hydrogen (secondary N) is 1. The molecule has 1 saturated heterocycles. The number of benzene rings is 1. The van der Waals surface area contributed by atoms with E-state index in [2.05, 4.69) is 32.1 Å². The normalized spacial score (nSPS) is 17.7. The molecule has 0 radical (unpaired) electrons. The highest BCUT2D eigenvalue weighted by Gasteiger charge is 2.27. The number of likely N-dealkylation sites (N-methyl/N-ethyl adjacent to an activating group) is 1. The molecule has 0 unspecified atom stereocenters. The topological polar surface area (TPSA) is 78.4 Å². The molecule has 1 aliphatic carbocycles. The van der Waals surface area contributed by atoms with Crippen LogP contribution in [-0.4, -0.2) is 59.7 Å². The first-order valence-electron chi connectivity index (χ1n) is 8.53. The molecule has 0 saturated carbocycles. The van der Waals surface area contributed by atoms with E-state index in [1.54, 1.807) is 0 Å². The number of carbonyl (C=O) groups is 2. The van der Waals surface area contributed by atoms with Gasteiger partial charge in [0.15, 0.2) is 0 Å². The Bertz CT molecular complexity index is 883. The van der Waals surface area contributed by atoms with Crippen LogP contribution >= 0.6 is 0 Å². The molecule has 7 heteroatoms. The van der Waals surface area contributed by atoms with Gasteiger partial charge in [-0.1, -0.05) is 0 Å². The number of aromatic nitrogens is 2. The van der Waals surface area contributed by atoms with Gasteiger partial charge in [0.25, 0.3) is 0 Å². The molecule has 132 valence electrons. The van der Waals surface area contributed by atoms with Crippen LogP contribution in [0.2, 0.25) is 0 Å². The van der Waals surface area contributed by atoms with E-state index in [-0.39, 0.29) is 28.5 Å². The fourth-order valence-corrected chi connectivity index (χ4v) is 3.17. The first-order chi connectivity index (χ1) is 12.6. The Hall–Kier alpha value is -3.06. The third-order valence-electron chi connectivity index (χ3n) is 4.73. The van der Waals surface area contributed by atoms with E-state index in [0.717, 1.165) is 37.6 Å². The van der Waals surface area contributed by atoms with Crippen molar-refractivity contribution in [1.82, 2.24) is 14.9 Å². The Labute approximate surface area is 151 Å². The molecular formula is C19H19N5O2. The maximum absolute atomic E-state index is 12.5. The molecule has 0 atom stereocenters. The Balaban J connectivity index is 1.50. The van der Waals surface area contributed by atoms with E-state index >= 15 is 0 Å². The fraction of sp³-hybridized carbons (Fsp3) is 0.263. The molecule has 0 spiro atoms. The summed E-state index contributed by atoms with van der Waals surface area (Å²) in [5.74, 6) is -0.568. The van der Waals surface area contributed by atoms with Gasteiger partial charge >= 0.3 is 0 Å². The van der Waals surface area contributed by atoms with E-state index < -0.39 is 0 Å². The van der Waals surface area contributed by atoms with Crippen LogP contribution in [0.5, 0.6) is 0 Å². The van der Waals surface area contributed by atoms with Gasteiger partial charge in [-0.2, -0.15) is 0 Å². The molecule has 0 bridgehead atoms. The van der Waals surface area contributed by atoms with E-state index in [0.29, 0.717) is 0 Å². The first-order valence-corrected chi connectivity index (χ1v) is 8.53. The third-order valence-corrected chi connectivity index (χ3v) is 4.73. The Kier molecular flexibility index (Phi) is 4.22. The van der Waals surface area contributed by atoms with Crippen LogP contribution in [-0.2, 0) is 0 Å². The lowest BCUT2D eigenvalue weighted by Crippen LogP contribution is -2.44. The second kappa shape index (κ2) is 6.68. The lowest BCUT2D eigenvalue weighted by molar-refractivity contribution is 0.0981. The lowest BCUT2D eigenvalue weighted by atomic mass is 9.98. The number of fused-ring (bicyclic) bond motifs is 1. The molecule has 2 aliphatic rings. The quantitative estimate of drug-likeness (QED) is 0.902. The minimum atomic E-state index is -0.293. The summed E-state index contributed by atoms with van der Waals surface area (Å²) in [4.78, 5) is 37.1. The number of hydrogen-bond donors (Lipinski definition) is 1. The molecule has 1 fully saturated rings. The van der Waals surface area contributed by atoms with E-state index in [1.165, 1.54) is 18.6 Å². The van der Waals surface area contributed by atoms with Crippen LogP contribution in [0.3, 0.4) is 0 Å². The number of hydrogen-bond acceptors (Lipinski definition) is 7. The SMILES string of the molecule is CN1CCN(c2ccc(NC3=CC(=O)c4ncncc4C3=O)cc2)CC1. The zero-order valence-electron chi connectivity index (χ0n) is 14.5. The standard InChI is InChI=1S/C19H19N5O2/c1-23-6-8-24(9-7-23)14-4-2-13(3-5-14)22-16-10-17(25)18-15(19(16)26)11-20-12-21-18/h2-5,10-12,22H,6-9H2,1H3. The van der Waals surface area contributed by atoms with Crippen molar-refractivity contribution in [3.8, 4) is 0 Å². The Morgan fingerprint density at radius 1 is 1.04 bits per heavy atom. The second-order valence-electron chi connectivity index (χ2n) is 6.50. The van der Waals surface area contributed by atoms with Gasteiger partial charge in [0.05, 0.1) is 11.3 Å². The summed E-state index contributed by atoms with van der Waals surface area (Å²) in [7, 11) is 2.13. The van der Waals surface area contributed by atoms with Crippen molar-refractivity contribution < 1.29 is 9.59 Å². The zero-order chi connectivity index (χ0) is 18.1. The van der Waals surface area contributed by atoms with Crippen LogP contribution in [0.4, 0.5) is 11.4 Å². The number of rotatable bonds is 3. The van der Waals surface area contributed by atoms with Gasteiger partial charge in [0.1, 0.15) is 12.0 Å². The van der Waals surface area contributed by atoms with Gasteiger partial charge in [0.2, 0.25) is 11.6 Å². The van der Waals surface area contributed by atoms with Gasteiger partial charge in [-0.3, -0.25) is 9.59 Å². The maximum atomic E-state index is 12.5. The van der Waals surface area contributed by atoms with Crippen LogP contribution < -0.4 is 10.2 Å². The molecule has 26 heavy (non-hydrogen) atoms. The van der Waals surface area contributed by atoms with Gasteiger partial charge in [-0.05, 0) is 31.3 Å². The Morgan fingerprint density at radius 2 is 1.77 bits per heavy atom. The van der Waals surface area contributed by atoms with Crippen molar-refractivity contribution in [2.75, 3.05) is 43.4 Å². The molecule has 4 rings (SSSR count). The average molecular weight is 349 g/mol. The third kappa shape index (κ3) is 3.09. The Morgan fingerprint density at radius 3 is 2.50 bits per heavy atom. The summed E-state index contributed by atoms with van der Waals surface area (Å²) < 4.78 is 0. The summed E-state index contributed by atoms with van der Waals surface area (Å²) >= 11 is 0. The number of nitrogens with zero attached hydrogens (tertiary/aromatic N) is 4. The molecule has 1 aromatic carbocycles. The highest BCUT2D eigenvalue weighted by molar-refractivity contribution is 6.24. The second-order valence-corrected chi connectivity index (χ2v) is 6.50. The van der Waals surface area contributed by atoms with Crippen LogP contribution in [0.1, 0.15) is 20.8 Å². The fourth-order valence-electron chi connectivity index (χ4n) is 3.17. The number of piperazine rings is 1. The van der Waals surface area contributed by atoms with Crippen molar-refractivity contribution in [1.29, 1.82) is 0 Å². The first kappa shape index (κ1) is 16.4. The summed E-state index contributed by atoms with van der Waals surface area (Å²) in [5.41, 5.74) is 2.54.